The van der Waals surface area contributed by atoms with Crippen LogP contribution < -0.4 is 4.90 Å². The average Bonchev–Trinajstić information content (AvgIpc) is 2.75. The van der Waals surface area contributed by atoms with Crippen LogP contribution in [0.4, 0.5) is 5.69 Å². The van der Waals surface area contributed by atoms with Crippen molar-refractivity contribution >= 4 is 27.3 Å². The molecule has 3 aromatic carbocycles. The molecule has 4 nitrogen and oxygen atoms in total. The van der Waals surface area contributed by atoms with Crippen LogP contribution in [0.1, 0.15) is 18.5 Å². The molecule has 1 aliphatic rings. The summed E-state index contributed by atoms with van der Waals surface area (Å²) in [5, 5.41) is 0.507. The molecule has 0 aromatic heterocycles. The molecule has 0 aliphatic carbocycles. The monoisotopic (exact) mass is 424 g/mol. The third-order valence-electron chi connectivity index (χ3n) is 5.03. The lowest BCUT2D eigenvalue weighted by Gasteiger charge is -2.41. The first kappa shape index (κ1) is 19.6. The molecular weight excluding hydrogens is 404 g/mol. The summed E-state index contributed by atoms with van der Waals surface area (Å²) in [6.45, 7) is 2.14. The largest absolute Gasteiger partial charge is 0.337 e. The highest BCUT2D eigenvalue weighted by molar-refractivity contribution is 7.89. The molecule has 0 fully saturated rings. The number of nitrogens with zero attached hydrogens (tertiary/aromatic N) is 2. The van der Waals surface area contributed by atoms with Gasteiger partial charge in [-0.15, -0.1) is 0 Å². The SMILES string of the molecule is CC1=CN(c2ccccc2)C(c2ccccc2)CN1S(=O)(=O)c1ccc(Cl)cc1. The van der Waals surface area contributed by atoms with Crippen LogP contribution in [0.2, 0.25) is 5.02 Å². The summed E-state index contributed by atoms with van der Waals surface area (Å²) in [6.07, 6.45) is 1.91. The molecule has 4 rings (SSSR count). The summed E-state index contributed by atoms with van der Waals surface area (Å²) in [6, 6.07) is 26.1. The molecule has 0 radical (unpaired) electrons. The zero-order valence-corrected chi connectivity index (χ0v) is 17.5. The fourth-order valence-electron chi connectivity index (χ4n) is 3.56. The zero-order chi connectivity index (χ0) is 20.4. The number of allylic oxidation sites excluding steroid dienone is 1. The van der Waals surface area contributed by atoms with E-state index >= 15 is 0 Å². The van der Waals surface area contributed by atoms with E-state index in [1.807, 2.05) is 73.8 Å². The minimum atomic E-state index is -3.69. The molecule has 1 aliphatic heterocycles. The van der Waals surface area contributed by atoms with E-state index in [1.165, 1.54) is 4.31 Å². The topological polar surface area (TPSA) is 40.6 Å². The first-order valence-electron chi connectivity index (χ1n) is 9.32. The Hall–Kier alpha value is -2.76. The lowest BCUT2D eigenvalue weighted by Crippen LogP contribution is -2.43. The van der Waals surface area contributed by atoms with Crippen molar-refractivity contribution in [3.63, 3.8) is 0 Å². The third-order valence-corrected chi connectivity index (χ3v) is 7.17. The van der Waals surface area contributed by atoms with Gasteiger partial charge in [0.25, 0.3) is 10.0 Å². The molecule has 0 saturated carbocycles. The van der Waals surface area contributed by atoms with Crippen LogP contribution in [0.5, 0.6) is 0 Å². The summed E-state index contributed by atoms with van der Waals surface area (Å²) >= 11 is 5.94. The van der Waals surface area contributed by atoms with Crippen LogP contribution in [-0.4, -0.2) is 19.3 Å². The van der Waals surface area contributed by atoms with Gasteiger partial charge < -0.3 is 4.90 Å². The summed E-state index contributed by atoms with van der Waals surface area (Å²) < 4.78 is 28.2. The Bertz CT molecular complexity index is 1110. The summed E-state index contributed by atoms with van der Waals surface area (Å²) in [4.78, 5) is 2.37. The quantitative estimate of drug-likeness (QED) is 0.558. The second kappa shape index (κ2) is 7.93. The molecule has 1 heterocycles. The molecule has 0 N–H and O–H groups in total. The first-order valence-corrected chi connectivity index (χ1v) is 11.1. The van der Waals surface area contributed by atoms with E-state index in [0.717, 1.165) is 11.3 Å². The smallest absolute Gasteiger partial charge is 0.264 e. The number of hydrogen-bond acceptors (Lipinski definition) is 3. The van der Waals surface area contributed by atoms with Gasteiger partial charge in [-0.3, -0.25) is 4.31 Å². The minimum Gasteiger partial charge on any atom is -0.337 e. The molecular formula is C23H21ClN2O2S. The minimum absolute atomic E-state index is 0.149. The lowest BCUT2D eigenvalue weighted by atomic mass is 10.0. The molecule has 0 amide bonds. The zero-order valence-electron chi connectivity index (χ0n) is 15.9. The highest BCUT2D eigenvalue weighted by Crippen LogP contribution is 2.36. The fourth-order valence-corrected chi connectivity index (χ4v) is 5.19. The molecule has 0 spiro atoms. The van der Waals surface area contributed by atoms with Crippen LogP contribution >= 0.6 is 11.6 Å². The van der Waals surface area contributed by atoms with Gasteiger partial charge in [0.2, 0.25) is 0 Å². The molecule has 6 heteroatoms. The van der Waals surface area contributed by atoms with Gasteiger partial charge in [0.1, 0.15) is 0 Å². The average molecular weight is 425 g/mol. The van der Waals surface area contributed by atoms with Crippen molar-refractivity contribution in [1.82, 2.24) is 4.31 Å². The van der Waals surface area contributed by atoms with Gasteiger partial charge >= 0.3 is 0 Å². The van der Waals surface area contributed by atoms with Crippen molar-refractivity contribution in [1.29, 1.82) is 0 Å². The summed E-state index contributed by atoms with van der Waals surface area (Å²) in [5.74, 6) is 0. The fraction of sp³-hybridized carbons (Fsp3) is 0.130. The molecule has 1 unspecified atom stereocenters. The molecule has 148 valence electrons. The van der Waals surface area contributed by atoms with E-state index in [1.54, 1.807) is 24.3 Å². The second-order valence-corrected chi connectivity index (χ2v) is 9.23. The maximum atomic E-state index is 13.4. The number of halogens is 1. The first-order chi connectivity index (χ1) is 14.0. The Balaban J connectivity index is 1.79. The van der Waals surface area contributed by atoms with Gasteiger partial charge in [-0.2, -0.15) is 0 Å². The Kier molecular flexibility index (Phi) is 5.35. The summed E-state index contributed by atoms with van der Waals surface area (Å²) in [5.41, 5.74) is 2.73. The molecule has 29 heavy (non-hydrogen) atoms. The van der Waals surface area contributed by atoms with Crippen molar-refractivity contribution in [2.75, 3.05) is 11.4 Å². The number of sulfonamides is 1. The molecule has 1 atom stereocenters. The number of hydrogen-bond donors (Lipinski definition) is 0. The van der Waals surface area contributed by atoms with E-state index in [4.69, 9.17) is 11.6 Å². The van der Waals surface area contributed by atoms with E-state index in [0.29, 0.717) is 17.3 Å². The van der Waals surface area contributed by atoms with Gasteiger partial charge in [0, 0.05) is 22.6 Å². The Labute approximate surface area is 176 Å². The predicted molar refractivity (Wildman–Crippen MR) is 117 cm³/mol. The number of benzene rings is 3. The number of para-hydroxylation sites is 1. The van der Waals surface area contributed by atoms with Crippen LogP contribution in [0.3, 0.4) is 0 Å². The number of rotatable bonds is 4. The van der Waals surface area contributed by atoms with Crippen LogP contribution in [0.15, 0.2) is 102 Å². The number of anilines is 1. The van der Waals surface area contributed by atoms with Crippen LogP contribution in [0.25, 0.3) is 0 Å². The lowest BCUT2D eigenvalue weighted by molar-refractivity contribution is 0.420. The molecule has 0 bridgehead atoms. The van der Waals surface area contributed by atoms with Crippen LogP contribution in [0, 0.1) is 0 Å². The Morgan fingerprint density at radius 1 is 0.862 bits per heavy atom. The van der Waals surface area contributed by atoms with Gasteiger partial charge in [-0.05, 0) is 48.9 Å². The normalized spacial score (nSPS) is 17.2. The predicted octanol–water partition coefficient (Wildman–Crippen LogP) is 5.45. The van der Waals surface area contributed by atoms with Gasteiger partial charge in [0.05, 0.1) is 17.5 Å². The maximum absolute atomic E-state index is 13.4. The van der Waals surface area contributed by atoms with E-state index in [-0.39, 0.29) is 10.9 Å². The molecule has 0 saturated heterocycles. The standard InChI is InChI=1S/C23H21ClN2O2S/c1-18-16-25(21-10-6-3-7-11-21)23(19-8-4-2-5-9-19)17-26(18)29(27,28)22-14-12-20(24)13-15-22/h2-16,23H,17H2,1H3. The summed E-state index contributed by atoms with van der Waals surface area (Å²) in [7, 11) is -3.69. The van der Waals surface area contributed by atoms with Crippen molar-refractivity contribution in [2.24, 2.45) is 0 Å². The maximum Gasteiger partial charge on any atom is 0.264 e. The van der Waals surface area contributed by atoms with E-state index < -0.39 is 10.0 Å². The van der Waals surface area contributed by atoms with Gasteiger partial charge in [0.15, 0.2) is 0 Å². The Morgan fingerprint density at radius 3 is 2.07 bits per heavy atom. The van der Waals surface area contributed by atoms with Crippen molar-refractivity contribution in [3.05, 3.63) is 107 Å². The van der Waals surface area contributed by atoms with E-state index in [9.17, 15) is 8.42 Å². The molecule has 3 aromatic rings. The second-order valence-electron chi connectivity index (χ2n) is 6.93. The highest BCUT2D eigenvalue weighted by atomic mass is 35.5. The third kappa shape index (κ3) is 3.88. The highest BCUT2D eigenvalue weighted by Gasteiger charge is 2.34. The van der Waals surface area contributed by atoms with Gasteiger partial charge in [-0.25, -0.2) is 8.42 Å². The van der Waals surface area contributed by atoms with E-state index in [2.05, 4.69) is 4.90 Å². The van der Waals surface area contributed by atoms with Gasteiger partial charge in [-0.1, -0.05) is 60.1 Å². The van der Waals surface area contributed by atoms with Crippen molar-refractivity contribution < 1.29 is 8.42 Å². The van der Waals surface area contributed by atoms with Crippen molar-refractivity contribution in [3.8, 4) is 0 Å². The Morgan fingerprint density at radius 2 is 1.45 bits per heavy atom. The van der Waals surface area contributed by atoms with Crippen LogP contribution in [-0.2, 0) is 10.0 Å². The van der Waals surface area contributed by atoms with Crippen molar-refractivity contribution in [2.45, 2.75) is 17.9 Å².